The van der Waals surface area contributed by atoms with Gasteiger partial charge in [-0.2, -0.15) is 4.31 Å². The Hall–Kier alpha value is -3.14. The van der Waals surface area contributed by atoms with Crippen LogP contribution in [0.1, 0.15) is 12.5 Å². The lowest BCUT2D eigenvalue weighted by molar-refractivity contribution is -0.115. The minimum atomic E-state index is -3.69. The van der Waals surface area contributed by atoms with Crippen LogP contribution in [0.5, 0.6) is 5.75 Å². The molecule has 1 N–H and O–H groups in total. The largest absolute Gasteiger partial charge is 0.492 e. The van der Waals surface area contributed by atoms with Gasteiger partial charge in [0.25, 0.3) is 0 Å². The van der Waals surface area contributed by atoms with Crippen LogP contribution in [0.25, 0.3) is 5.69 Å². The average molecular weight is 470 g/mol. The van der Waals surface area contributed by atoms with Crippen LogP contribution >= 0.6 is 0 Å². The van der Waals surface area contributed by atoms with Crippen LogP contribution in [0.4, 0.5) is 5.69 Å². The van der Waals surface area contributed by atoms with E-state index in [1.807, 2.05) is 60.3 Å². The van der Waals surface area contributed by atoms with Crippen LogP contribution in [0.2, 0.25) is 0 Å². The first-order valence-electron chi connectivity index (χ1n) is 10.8. The summed E-state index contributed by atoms with van der Waals surface area (Å²) >= 11 is 0. The Morgan fingerprint density at radius 1 is 1.06 bits per heavy atom. The Bertz CT molecular complexity index is 1190. The molecule has 1 amide bonds. The summed E-state index contributed by atoms with van der Waals surface area (Å²) in [6.07, 6.45) is 4.06. The molecular formula is C24H27N3O5S. The molecule has 174 valence electrons. The number of nitrogens with zero attached hydrogens (tertiary/aromatic N) is 2. The van der Waals surface area contributed by atoms with Crippen molar-refractivity contribution >= 4 is 21.6 Å². The van der Waals surface area contributed by atoms with Gasteiger partial charge >= 0.3 is 0 Å². The fourth-order valence-corrected chi connectivity index (χ4v) is 5.09. The molecule has 1 saturated heterocycles. The van der Waals surface area contributed by atoms with Crippen LogP contribution in [-0.2, 0) is 26.0 Å². The molecule has 0 aliphatic carbocycles. The first-order valence-corrected chi connectivity index (χ1v) is 12.3. The van der Waals surface area contributed by atoms with E-state index in [2.05, 4.69) is 5.32 Å². The fraction of sp³-hybridized carbons (Fsp3) is 0.292. The molecule has 9 heteroatoms. The van der Waals surface area contributed by atoms with Crippen LogP contribution in [0.15, 0.2) is 71.9 Å². The maximum Gasteiger partial charge on any atom is 0.243 e. The van der Waals surface area contributed by atoms with Crippen molar-refractivity contribution in [3.63, 3.8) is 0 Å². The molecule has 1 aliphatic rings. The summed E-state index contributed by atoms with van der Waals surface area (Å²) in [7, 11) is -3.69. The minimum Gasteiger partial charge on any atom is -0.492 e. The predicted octanol–water partition coefficient (Wildman–Crippen LogP) is 3.08. The highest BCUT2D eigenvalue weighted by atomic mass is 32.2. The van der Waals surface area contributed by atoms with E-state index < -0.39 is 10.0 Å². The molecule has 0 radical (unpaired) electrons. The Morgan fingerprint density at radius 3 is 2.42 bits per heavy atom. The van der Waals surface area contributed by atoms with E-state index in [1.165, 1.54) is 16.4 Å². The van der Waals surface area contributed by atoms with Gasteiger partial charge in [-0.1, -0.05) is 12.1 Å². The minimum absolute atomic E-state index is 0.110. The molecule has 3 aromatic rings. The molecule has 0 spiro atoms. The number of carbonyl (C=O) groups excluding carboxylic acids is 1. The van der Waals surface area contributed by atoms with Crippen molar-refractivity contribution in [2.24, 2.45) is 0 Å². The number of ether oxygens (including phenoxy) is 2. The van der Waals surface area contributed by atoms with E-state index in [9.17, 15) is 13.2 Å². The summed E-state index contributed by atoms with van der Waals surface area (Å²) in [6.45, 7) is 3.55. The Labute approximate surface area is 193 Å². The molecule has 1 fully saturated rings. The van der Waals surface area contributed by atoms with Gasteiger partial charge in [0.15, 0.2) is 0 Å². The number of benzene rings is 2. The normalized spacial score (nSPS) is 14.7. The number of nitrogens with one attached hydrogen (secondary N) is 1. The zero-order valence-electron chi connectivity index (χ0n) is 18.4. The topological polar surface area (TPSA) is 89.9 Å². The van der Waals surface area contributed by atoms with E-state index in [1.54, 1.807) is 6.07 Å². The van der Waals surface area contributed by atoms with Crippen LogP contribution in [-0.4, -0.2) is 56.1 Å². The number of anilines is 1. The van der Waals surface area contributed by atoms with Gasteiger partial charge < -0.3 is 19.4 Å². The molecule has 33 heavy (non-hydrogen) atoms. The molecule has 0 unspecified atom stereocenters. The molecule has 2 aromatic carbocycles. The van der Waals surface area contributed by atoms with Gasteiger partial charge in [0.1, 0.15) is 5.75 Å². The van der Waals surface area contributed by atoms with Crippen molar-refractivity contribution in [3.05, 3.63) is 72.6 Å². The van der Waals surface area contributed by atoms with E-state index >= 15 is 0 Å². The number of hydrogen-bond donors (Lipinski definition) is 1. The first kappa shape index (κ1) is 23.0. The predicted molar refractivity (Wildman–Crippen MR) is 125 cm³/mol. The van der Waals surface area contributed by atoms with Gasteiger partial charge in [-0.15, -0.1) is 0 Å². The van der Waals surface area contributed by atoms with E-state index in [0.717, 1.165) is 11.3 Å². The van der Waals surface area contributed by atoms with Crippen molar-refractivity contribution in [1.82, 2.24) is 8.87 Å². The molecule has 0 bridgehead atoms. The standard InChI is InChI=1S/C24H27N3O5S/c1-2-32-23-10-9-21(33(29,30)27-13-15-31-16-14-27)18-22(23)25-24(28)17-19-5-7-20(8-6-19)26-11-3-4-12-26/h3-12,18H,2,13-17H2,1H3,(H,25,28). The van der Waals surface area contributed by atoms with Crippen molar-refractivity contribution in [2.45, 2.75) is 18.2 Å². The lowest BCUT2D eigenvalue weighted by Crippen LogP contribution is -2.40. The lowest BCUT2D eigenvalue weighted by atomic mass is 10.1. The molecule has 0 atom stereocenters. The molecule has 1 aromatic heterocycles. The third-order valence-corrected chi connectivity index (χ3v) is 7.23. The summed E-state index contributed by atoms with van der Waals surface area (Å²) in [6, 6.07) is 16.1. The van der Waals surface area contributed by atoms with E-state index in [-0.39, 0.29) is 17.2 Å². The highest BCUT2D eigenvalue weighted by molar-refractivity contribution is 7.89. The van der Waals surface area contributed by atoms with E-state index in [4.69, 9.17) is 9.47 Å². The zero-order chi connectivity index (χ0) is 23.3. The zero-order valence-corrected chi connectivity index (χ0v) is 19.3. The number of rotatable bonds is 8. The van der Waals surface area contributed by atoms with Gasteiger partial charge in [0, 0.05) is 31.2 Å². The SMILES string of the molecule is CCOc1ccc(S(=O)(=O)N2CCOCC2)cc1NC(=O)Cc1ccc(-n2cccc2)cc1. The number of amides is 1. The molecule has 0 saturated carbocycles. The van der Waals surface area contributed by atoms with Gasteiger partial charge in [-0.05, 0) is 55.0 Å². The Balaban J connectivity index is 1.50. The average Bonchev–Trinajstić information content (AvgIpc) is 3.36. The molecule has 4 rings (SSSR count). The van der Waals surface area contributed by atoms with Gasteiger partial charge in [0.05, 0.1) is 36.8 Å². The molecule has 1 aliphatic heterocycles. The van der Waals surface area contributed by atoms with E-state index in [0.29, 0.717) is 44.3 Å². The summed E-state index contributed by atoms with van der Waals surface area (Å²) in [5.41, 5.74) is 2.18. The van der Waals surface area contributed by atoms with Crippen LogP contribution in [0.3, 0.4) is 0 Å². The summed E-state index contributed by atoms with van der Waals surface area (Å²) in [4.78, 5) is 12.9. The van der Waals surface area contributed by atoms with Crippen molar-refractivity contribution in [3.8, 4) is 11.4 Å². The number of sulfonamides is 1. The first-order chi connectivity index (χ1) is 16.0. The Morgan fingerprint density at radius 2 is 1.76 bits per heavy atom. The quantitative estimate of drug-likeness (QED) is 0.548. The summed E-state index contributed by atoms with van der Waals surface area (Å²) in [5.74, 6) is 0.167. The molecular weight excluding hydrogens is 442 g/mol. The number of hydrogen-bond acceptors (Lipinski definition) is 5. The number of morpholine rings is 1. The highest BCUT2D eigenvalue weighted by Gasteiger charge is 2.27. The number of aromatic nitrogens is 1. The molecule has 2 heterocycles. The monoisotopic (exact) mass is 469 g/mol. The van der Waals surface area contributed by atoms with Crippen molar-refractivity contribution < 1.29 is 22.7 Å². The summed E-state index contributed by atoms with van der Waals surface area (Å²) < 4.78 is 40.3. The lowest BCUT2D eigenvalue weighted by Gasteiger charge is -2.26. The molecule has 8 nitrogen and oxygen atoms in total. The van der Waals surface area contributed by atoms with Crippen LogP contribution < -0.4 is 10.1 Å². The van der Waals surface area contributed by atoms with Gasteiger partial charge in [-0.25, -0.2) is 8.42 Å². The summed E-state index contributed by atoms with van der Waals surface area (Å²) in [5, 5.41) is 2.82. The second-order valence-corrected chi connectivity index (χ2v) is 9.53. The van der Waals surface area contributed by atoms with Crippen LogP contribution in [0, 0.1) is 0 Å². The Kier molecular flexibility index (Phi) is 7.12. The third kappa shape index (κ3) is 5.44. The maximum absolute atomic E-state index is 13.0. The second-order valence-electron chi connectivity index (χ2n) is 7.59. The van der Waals surface area contributed by atoms with Crippen molar-refractivity contribution in [2.75, 3.05) is 38.2 Å². The van der Waals surface area contributed by atoms with Gasteiger partial charge in [-0.3, -0.25) is 4.79 Å². The fourth-order valence-electron chi connectivity index (χ4n) is 3.66. The van der Waals surface area contributed by atoms with Gasteiger partial charge in [0.2, 0.25) is 15.9 Å². The third-order valence-electron chi connectivity index (χ3n) is 5.34. The van der Waals surface area contributed by atoms with Crippen molar-refractivity contribution in [1.29, 1.82) is 0 Å². The smallest absolute Gasteiger partial charge is 0.243 e. The maximum atomic E-state index is 13.0. The second kappa shape index (κ2) is 10.2. The number of carbonyl (C=O) groups is 1. The highest BCUT2D eigenvalue weighted by Crippen LogP contribution is 2.30.